The Morgan fingerprint density at radius 2 is 1.95 bits per heavy atom. The van der Waals surface area contributed by atoms with Crippen LogP contribution in [0, 0.1) is 0 Å². The minimum Gasteiger partial charge on any atom is -0.492 e. The van der Waals surface area contributed by atoms with Crippen LogP contribution in [0.1, 0.15) is 26.3 Å². The van der Waals surface area contributed by atoms with Crippen molar-refractivity contribution in [2.24, 2.45) is 0 Å². The Labute approximate surface area is 129 Å². The van der Waals surface area contributed by atoms with Gasteiger partial charge in [-0.25, -0.2) is 0 Å². The highest BCUT2D eigenvalue weighted by atomic mass is 16.5. The number of nitrogens with zero attached hydrogens (tertiary/aromatic N) is 1. The Kier molecular flexibility index (Phi) is 9.06. The van der Waals surface area contributed by atoms with E-state index >= 15 is 0 Å². The fourth-order valence-electron chi connectivity index (χ4n) is 1.89. The van der Waals surface area contributed by atoms with E-state index in [9.17, 15) is 0 Å². The molecule has 0 heterocycles. The molecule has 1 rings (SSSR count). The van der Waals surface area contributed by atoms with Gasteiger partial charge in [0.15, 0.2) is 0 Å². The van der Waals surface area contributed by atoms with Gasteiger partial charge in [-0.2, -0.15) is 0 Å². The van der Waals surface area contributed by atoms with Gasteiger partial charge in [-0.3, -0.25) is 0 Å². The molecule has 21 heavy (non-hydrogen) atoms. The van der Waals surface area contributed by atoms with Crippen LogP contribution in [0.25, 0.3) is 0 Å². The lowest BCUT2D eigenvalue weighted by Crippen LogP contribution is -2.28. The number of benzene rings is 1. The Morgan fingerprint density at radius 1 is 1.19 bits per heavy atom. The maximum atomic E-state index is 5.81. The Morgan fingerprint density at radius 3 is 2.67 bits per heavy atom. The monoisotopic (exact) mass is 294 g/mol. The molecule has 1 aromatic rings. The van der Waals surface area contributed by atoms with E-state index in [2.05, 4.69) is 50.2 Å². The maximum absolute atomic E-state index is 5.81. The van der Waals surface area contributed by atoms with Crippen molar-refractivity contribution < 1.29 is 9.47 Å². The molecule has 0 bridgehead atoms. The van der Waals surface area contributed by atoms with Gasteiger partial charge in [0.2, 0.25) is 0 Å². The van der Waals surface area contributed by atoms with E-state index in [0.29, 0.717) is 12.7 Å². The van der Waals surface area contributed by atoms with E-state index in [0.717, 1.165) is 38.5 Å². The average Bonchev–Trinajstić information content (AvgIpc) is 2.45. The van der Waals surface area contributed by atoms with Gasteiger partial charge in [-0.05, 0) is 45.1 Å². The molecule has 0 fully saturated rings. The van der Waals surface area contributed by atoms with Gasteiger partial charge in [0.05, 0.1) is 12.7 Å². The molecule has 4 nitrogen and oxygen atoms in total. The first-order valence-corrected chi connectivity index (χ1v) is 7.84. The van der Waals surface area contributed by atoms with Crippen molar-refractivity contribution in [1.82, 2.24) is 10.2 Å². The standard InChI is InChI=1S/C17H30N2O2/c1-5-18-14-16-7-6-8-17(13-16)21-12-10-19(4)9-11-20-15(2)3/h6-8,13,15,18H,5,9-12,14H2,1-4H3. The molecule has 1 N–H and O–H groups in total. The quantitative estimate of drug-likeness (QED) is 0.680. The third kappa shape index (κ3) is 8.71. The van der Waals surface area contributed by atoms with Crippen LogP contribution in [0.4, 0.5) is 0 Å². The van der Waals surface area contributed by atoms with E-state index in [-0.39, 0.29) is 0 Å². The third-order valence-corrected chi connectivity index (χ3v) is 3.14. The van der Waals surface area contributed by atoms with Gasteiger partial charge in [-0.1, -0.05) is 19.1 Å². The summed E-state index contributed by atoms with van der Waals surface area (Å²) in [5, 5.41) is 3.32. The summed E-state index contributed by atoms with van der Waals surface area (Å²) in [6.07, 6.45) is 0.300. The van der Waals surface area contributed by atoms with Crippen LogP contribution in [0.3, 0.4) is 0 Å². The SMILES string of the molecule is CCNCc1cccc(OCCN(C)CCOC(C)C)c1. The van der Waals surface area contributed by atoms with Gasteiger partial charge >= 0.3 is 0 Å². The second kappa shape index (κ2) is 10.6. The fourth-order valence-corrected chi connectivity index (χ4v) is 1.89. The summed E-state index contributed by atoms with van der Waals surface area (Å²) >= 11 is 0. The molecular weight excluding hydrogens is 264 g/mol. The normalized spacial score (nSPS) is 11.3. The number of rotatable bonds is 11. The largest absolute Gasteiger partial charge is 0.492 e. The summed E-state index contributed by atoms with van der Waals surface area (Å²) in [5.41, 5.74) is 1.26. The first-order valence-electron chi connectivity index (χ1n) is 7.84. The van der Waals surface area contributed by atoms with Crippen LogP contribution >= 0.6 is 0 Å². The number of ether oxygens (including phenoxy) is 2. The fraction of sp³-hybridized carbons (Fsp3) is 0.647. The molecule has 0 amide bonds. The second-order valence-electron chi connectivity index (χ2n) is 5.50. The van der Waals surface area contributed by atoms with Crippen molar-refractivity contribution in [2.45, 2.75) is 33.4 Å². The molecule has 0 saturated heterocycles. The van der Waals surface area contributed by atoms with Crippen molar-refractivity contribution in [3.8, 4) is 5.75 Å². The molecule has 4 heteroatoms. The highest BCUT2D eigenvalue weighted by Gasteiger charge is 2.01. The predicted molar refractivity (Wildman–Crippen MR) is 87.9 cm³/mol. The molecule has 0 spiro atoms. The van der Waals surface area contributed by atoms with Crippen LogP contribution < -0.4 is 10.1 Å². The zero-order valence-corrected chi connectivity index (χ0v) is 13.9. The van der Waals surface area contributed by atoms with Crippen LogP contribution in [-0.4, -0.2) is 50.9 Å². The maximum Gasteiger partial charge on any atom is 0.119 e. The van der Waals surface area contributed by atoms with Crippen molar-refractivity contribution in [3.05, 3.63) is 29.8 Å². The Hall–Kier alpha value is -1.10. The van der Waals surface area contributed by atoms with Gasteiger partial charge in [0.1, 0.15) is 12.4 Å². The van der Waals surface area contributed by atoms with E-state index in [4.69, 9.17) is 9.47 Å². The molecule has 0 aliphatic carbocycles. The summed E-state index contributed by atoms with van der Waals surface area (Å²) in [6.45, 7) is 11.4. The van der Waals surface area contributed by atoms with Gasteiger partial charge < -0.3 is 19.7 Å². The third-order valence-electron chi connectivity index (χ3n) is 3.14. The molecule has 1 aromatic carbocycles. The van der Waals surface area contributed by atoms with Gasteiger partial charge in [0.25, 0.3) is 0 Å². The van der Waals surface area contributed by atoms with Crippen LogP contribution in [0.15, 0.2) is 24.3 Å². The molecule has 0 aromatic heterocycles. The van der Waals surface area contributed by atoms with Crippen LogP contribution in [0.5, 0.6) is 5.75 Å². The number of hydrogen-bond donors (Lipinski definition) is 1. The number of nitrogens with one attached hydrogen (secondary N) is 1. The summed E-state index contributed by atoms with van der Waals surface area (Å²) in [7, 11) is 2.09. The average molecular weight is 294 g/mol. The van der Waals surface area contributed by atoms with E-state index in [1.807, 2.05) is 12.1 Å². The number of hydrogen-bond acceptors (Lipinski definition) is 4. The zero-order chi connectivity index (χ0) is 15.5. The minimum atomic E-state index is 0.300. The lowest BCUT2D eigenvalue weighted by molar-refractivity contribution is 0.0616. The molecular formula is C17H30N2O2. The topological polar surface area (TPSA) is 33.7 Å². The molecule has 0 aliphatic rings. The molecule has 0 radical (unpaired) electrons. The van der Waals surface area contributed by atoms with Gasteiger partial charge in [-0.15, -0.1) is 0 Å². The molecule has 120 valence electrons. The first-order chi connectivity index (χ1) is 10.1. The van der Waals surface area contributed by atoms with Crippen LogP contribution in [-0.2, 0) is 11.3 Å². The Bertz CT molecular complexity index is 383. The minimum absolute atomic E-state index is 0.300. The lowest BCUT2D eigenvalue weighted by atomic mass is 10.2. The predicted octanol–water partition coefficient (Wildman–Crippen LogP) is 2.53. The zero-order valence-electron chi connectivity index (χ0n) is 13.9. The van der Waals surface area contributed by atoms with E-state index in [1.54, 1.807) is 0 Å². The molecule has 0 unspecified atom stereocenters. The van der Waals surface area contributed by atoms with E-state index in [1.165, 1.54) is 5.56 Å². The summed E-state index contributed by atoms with van der Waals surface area (Å²) < 4.78 is 11.4. The van der Waals surface area contributed by atoms with Crippen molar-refractivity contribution in [3.63, 3.8) is 0 Å². The Balaban J connectivity index is 2.22. The summed E-state index contributed by atoms with van der Waals surface area (Å²) in [4.78, 5) is 2.23. The van der Waals surface area contributed by atoms with Crippen molar-refractivity contribution in [1.29, 1.82) is 0 Å². The molecule has 0 atom stereocenters. The number of likely N-dealkylation sites (N-methyl/N-ethyl adjacent to an activating group) is 1. The van der Waals surface area contributed by atoms with E-state index < -0.39 is 0 Å². The smallest absolute Gasteiger partial charge is 0.119 e. The summed E-state index contributed by atoms with van der Waals surface area (Å²) in [5.74, 6) is 0.942. The highest BCUT2D eigenvalue weighted by Crippen LogP contribution is 2.13. The summed E-state index contributed by atoms with van der Waals surface area (Å²) in [6, 6.07) is 8.27. The van der Waals surface area contributed by atoms with Crippen molar-refractivity contribution >= 4 is 0 Å². The van der Waals surface area contributed by atoms with Crippen LogP contribution in [0.2, 0.25) is 0 Å². The second-order valence-corrected chi connectivity index (χ2v) is 5.50. The molecule has 0 saturated carbocycles. The van der Waals surface area contributed by atoms with Gasteiger partial charge in [0, 0.05) is 19.6 Å². The highest BCUT2D eigenvalue weighted by molar-refractivity contribution is 5.28. The lowest BCUT2D eigenvalue weighted by Gasteiger charge is -2.18. The first kappa shape index (κ1) is 18.0. The molecule has 0 aliphatic heterocycles. The van der Waals surface area contributed by atoms with Crippen molar-refractivity contribution in [2.75, 3.05) is 39.9 Å².